The van der Waals surface area contributed by atoms with Gasteiger partial charge in [-0.15, -0.1) is 0 Å². The van der Waals surface area contributed by atoms with Crippen molar-refractivity contribution in [2.45, 2.75) is 57.7 Å². The van der Waals surface area contributed by atoms with Crippen molar-refractivity contribution in [3.05, 3.63) is 0 Å². The van der Waals surface area contributed by atoms with Crippen LogP contribution in [0.3, 0.4) is 0 Å². The fourth-order valence-corrected chi connectivity index (χ4v) is 2.80. The highest BCUT2D eigenvalue weighted by Gasteiger charge is 2.30. The predicted molar refractivity (Wildman–Crippen MR) is 56.1 cm³/mol. The quantitative estimate of drug-likeness (QED) is 0.701. The Balaban J connectivity index is 1.82. The van der Waals surface area contributed by atoms with Crippen molar-refractivity contribution < 1.29 is 9.84 Å². The molecule has 1 aliphatic carbocycles. The molecule has 0 bridgehead atoms. The molecule has 0 aromatic rings. The highest BCUT2D eigenvalue weighted by molar-refractivity contribution is 4.81. The summed E-state index contributed by atoms with van der Waals surface area (Å²) >= 11 is 0. The van der Waals surface area contributed by atoms with Crippen LogP contribution in [0.2, 0.25) is 0 Å². The van der Waals surface area contributed by atoms with Crippen LogP contribution in [0.25, 0.3) is 0 Å². The molecule has 1 saturated carbocycles. The van der Waals surface area contributed by atoms with Crippen LogP contribution in [-0.4, -0.2) is 23.9 Å². The third kappa shape index (κ3) is 2.48. The first-order chi connectivity index (χ1) is 6.75. The van der Waals surface area contributed by atoms with E-state index in [1.807, 2.05) is 0 Å². The van der Waals surface area contributed by atoms with Crippen LogP contribution >= 0.6 is 0 Å². The smallest absolute Gasteiger partial charge is 0.0627 e. The number of aliphatic hydroxyl groups excluding tert-OH is 1. The lowest BCUT2D eigenvalue weighted by molar-refractivity contribution is -0.0773. The van der Waals surface area contributed by atoms with E-state index in [-0.39, 0.29) is 6.10 Å². The fourth-order valence-electron chi connectivity index (χ4n) is 2.80. The van der Waals surface area contributed by atoms with Gasteiger partial charge in [-0.05, 0) is 37.5 Å². The summed E-state index contributed by atoms with van der Waals surface area (Å²) < 4.78 is 5.76. The van der Waals surface area contributed by atoms with Crippen LogP contribution in [0.4, 0.5) is 0 Å². The zero-order valence-electron chi connectivity index (χ0n) is 9.11. The number of aliphatic hydroxyl groups is 1. The Labute approximate surface area is 86.6 Å². The van der Waals surface area contributed by atoms with Gasteiger partial charge in [0.15, 0.2) is 0 Å². The van der Waals surface area contributed by atoms with Gasteiger partial charge in [-0.1, -0.05) is 19.8 Å². The molecule has 0 amide bonds. The Morgan fingerprint density at radius 2 is 1.79 bits per heavy atom. The lowest BCUT2D eigenvalue weighted by Crippen LogP contribution is -2.36. The molecule has 2 aliphatic rings. The molecule has 2 nitrogen and oxygen atoms in total. The maximum Gasteiger partial charge on any atom is 0.0627 e. The highest BCUT2D eigenvalue weighted by atomic mass is 16.5. The first kappa shape index (κ1) is 10.4. The van der Waals surface area contributed by atoms with E-state index in [0.29, 0.717) is 6.10 Å². The van der Waals surface area contributed by atoms with Gasteiger partial charge in [0.25, 0.3) is 0 Å². The standard InChI is InChI=1S/C12H22O2/c1-9-2-4-10(5-3-9)12-8-11(13)6-7-14-12/h9-13H,2-8H2,1H3. The summed E-state index contributed by atoms with van der Waals surface area (Å²) in [4.78, 5) is 0. The number of rotatable bonds is 1. The van der Waals surface area contributed by atoms with E-state index in [1.54, 1.807) is 0 Å². The van der Waals surface area contributed by atoms with E-state index >= 15 is 0 Å². The van der Waals surface area contributed by atoms with Crippen molar-refractivity contribution in [2.75, 3.05) is 6.61 Å². The molecule has 2 heteroatoms. The molecule has 1 aliphatic heterocycles. The number of hydrogen-bond donors (Lipinski definition) is 1. The second-order valence-electron chi connectivity index (χ2n) is 5.11. The zero-order valence-corrected chi connectivity index (χ0v) is 9.11. The van der Waals surface area contributed by atoms with Gasteiger partial charge >= 0.3 is 0 Å². The normalized spacial score (nSPS) is 45.0. The highest BCUT2D eigenvalue weighted by Crippen LogP contribution is 2.34. The summed E-state index contributed by atoms with van der Waals surface area (Å²) in [5.41, 5.74) is 0. The molecular weight excluding hydrogens is 176 g/mol. The number of ether oxygens (including phenoxy) is 1. The summed E-state index contributed by atoms with van der Waals surface area (Å²) in [6, 6.07) is 0. The van der Waals surface area contributed by atoms with E-state index in [4.69, 9.17) is 4.74 Å². The predicted octanol–water partition coefficient (Wildman–Crippen LogP) is 2.35. The molecule has 2 unspecified atom stereocenters. The molecule has 2 fully saturated rings. The monoisotopic (exact) mass is 198 g/mol. The average molecular weight is 198 g/mol. The Morgan fingerprint density at radius 1 is 1.07 bits per heavy atom. The van der Waals surface area contributed by atoms with Gasteiger partial charge < -0.3 is 9.84 Å². The maximum absolute atomic E-state index is 9.58. The van der Waals surface area contributed by atoms with E-state index in [1.165, 1.54) is 25.7 Å². The van der Waals surface area contributed by atoms with Gasteiger partial charge in [0.05, 0.1) is 12.2 Å². The molecule has 1 heterocycles. The molecule has 0 aromatic carbocycles. The van der Waals surface area contributed by atoms with Crippen molar-refractivity contribution in [3.63, 3.8) is 0 Å². The van der Waals surface area contributed by atoms with Crippen LogP contribution in [0.15, 0.2) is 0 Å². The molecule has 82 valence electrons. The second kappa shape index (κ2) is 4.63. The lowest BCUT2D eigenvalue weighted by Gasteiger charge is -2.36. The molecular formula is C12H22O2. The summed E-state index contributed by atoms with van der Waals surface area (Å²) in [5, 5.41) is 9.58. The van der Waals surface area contributed by atoms with Gasteiger partial charge in [0, 0.05) is 6.61 Å². The summed E-state index contributed by atoms with van der Waals surface area (Å²) in [6.07, 6.45) is 7.26. The Morgan fingerprint density at radius 3 is 2.43 bits per heavy atom. The zero-order chi connectivity index (χ0) is 9.97. The van der Waals surface area contributed by atoms with Gasteiger partial charge in [-0.3, -0.25) is 0 Å². The van der Waals surface area contributed by atoms with Gasteiger partial charge in [0.2, 0.25) is 0 Å². The third-order valence-corrected chi connectivity index (χ3v) is 3.87. The van der Waals surface area contributed by atoms with Crippen LogP contribution in [0, 0.1) is 11.8 Å². The van der Waals surface area contributed by atoms with Crippen LogP contribution in [-0.2, 0) is 4.74 Å². The van der Waals surface area contributed by atoms with E-state index in [2.05, 4.69) is 6.92 Å². The topological polar surface area (TPSA) is 29.5 Å². The van der Waals surface area contributed by atoms with E-state index in [0.717, 1.165) is 31.3 Å². The third-order valence-electron chi connectivity index (χ3n) is 3.87. The average Bonchev–Trinajstić information content (AvgIpc) is 2.19. The van der Waals surface area contributed by atoms with Crippen LogP contribution in [0.5, 0.6) is 0 Å². The summed E-state index contributed by atoms with van der Waals surface area (Å²) in [6.45, 7) is 3.10. The molecule has 0 aromatic heterocycles. The van der Waals surface area contributed by atoms with E-state index < -0.39 is 0 Å². The molecule has 1 saturated heterocycles. The van der Waals surface area contributed by atoms with Crippen molar-refractivity contribution in [2.24, 2.45) is 11.8 Å². The van der Waals surface area contributed by atoms with Crippen LogP contribution in [0.1, 0.15) is 45.4 Å². The van der Waals surface area contributed by atoms with Gasteiger partial charge in [-0.25, -0.2) is 0 Å². The molecule has 1 N–H and O–H groups in total. The molecule has 2 atom stereocenters. The Hall–Kier alpha value is -0.0800. The fraction of sp³-hybridized carbons (Fsp3) is 1.00. The van der Waals surface area contributed by atoms with Gasteiger partial charge in [0.1, 0.15) is 0 Å². The Kier molecular flexibility index (Phi) is 3.45. The van der Waals surface area contributed by atoms with Crippen molar-refractivity contribution >= 4 is 0 Å². The van der Waals surface area contributed by atoms with Crippen molar-refractivity contribution in [3.8, 4) is 0 Å². The Bertz CT molecular complexity index is 173. The molecule has 2 rings (SSSR count). The minimum absolute atomic E-state index is 0.104. The van der Waals surface area contributed by atoms with Crippen molar-refractivity contribution in [1.82, 2.24) is 0 Å². The van der Waals surface area contributed by atoms with E-state index in [9.17, 15) is 5.11 Å². The van der Waals surface area contributed by atoms with Gasteiger partial charge in [-0.2, -0.15) is 0 Å². The minimum atomic E-state index is -0.104. The van der Waals surface area contributed by atoms with Crippen LogP contribution < -0.4 is 0 Å². The summed E-state index contributed by atoms with van der Waals surface area (Å²) in [7, 11) is 0. The maximum atomic E-state index is 9.58. The lowest BCUT2D eigenvalue weighted by atomic mass is 9.78. The SMILES string of the molecule is CC1CCC(C2CC(O)CCO2)CC1. The first-order valence-corrected chi connectivity index (χ1v) is 6.05. The largest absolute Gasteiger partial charge is 0.393 e. The summed E-state index contributed by atoms with van der Waals surface area (Å²) in [5.74, 6) is 1.63. The molecule has 0 spiro atoms. The second-order valence-corrected chi connectivity index (χ2v) is 5.11. The molecule has 0 radical (unpaired) electrons. The molecule has 14 heavy (non-hydrogen) atoms. The number of hydrogen-bond acceptors (Lipinski definition) is 2. The first-order valence-electron chi connectivity index (χ1n) is 6.05. The van der Waals surface area contributed by atoms with Crippen molar-refractivity contribution in [1.29, 1.82) is 0 Å². The minimum Gasteiger partial charge on any atom is -0.393 e.